The number of allylic oxidation sites excluding steroid dienone is 4. The van der Waals surface area contributed by atoms with E-state index in [0.717, 1.165) is 5.57 Å². The molecule has 1 N–H and O–H groups in total. The lowest BCUT2D eigenvalue weighted by atomic mass is 9.44. The van der Waals surface area contributed by atoms with Gasteiger partial charge in [0, 0.05) is 34.6 Å². The number of phenols is 1. The number of hydrogen-bond acceptors (Lipinski definition) is 6. The number of rotatable bonds is 4. The molecule has 1 saturated carbocycles. The third-order valence-corrected chi connectivity index (χ3v) is 10.6. The Balaban J connectivity index is 1.52. The molecule has 2 amide bonds. The number of benzene rings is 3. The molecule has 0 bridgehead atoms. The highest BCUT2D eigenvalue weighted by Gasteiger charge is 2.66. The van der Waals surface area contributed by atoms with Crippen molar-refractivity contribution in [2.75, 3.05) is 7.11 Å². The van der Waals surface area contributed by atoms with Crippen molar-refractivity contribution in [3.63, 3.8) is 0 Å². The zero-order chi connectivity index (χ0) is 32.5. The standard InChI is InChI=1S/C39H37NO6/c1-38(2,3)40-36(44)27-18-17-25-29(33(27)37(40)45)20-30-35(43)28(22-11-7-5-8-12-22)21-32(42)39(30,23-13-9-6-10-14-23)34(25)26-16-15-24(41)19-31(26)46-4/h5-17,19,21,27,29-30,33-34,41H,18,20H2,1-4H3. The number of ether oxygens (including phenoxy) is 1. The Labute approximate surface area is 268 Å². The van der Waals surface area contributed by atoms with E-state index in [0.29, 0.717) is 34.4 Å². The van der Waals surface area contributed by atoms with Crippen molar-refractivity contribution >= 4 is 29.0 Å². The monoisotopic (exact) mass is 615 g/mol. The van der Waals surface area contributed by atoms with Gasteiger partial charge in [-0.3, -0.25) is 24.1 Å². The average molecular weight is 616 g/mol. The van der Waals surface area contributed by atoms with Crippen LogP contribution in [0, 0.1) is 23.7 Å². The summed E-state index contributed by atoms with van der Waals surface area (Å²) in [6.07, 6.45) is 4.13. The Kier molecular flexibility index (Phi) is 6.92. The molecule has 2 fully saturated rings. The quantitative estimate of drug-likeness (QED) is 0.285. The first kappa shape index (κ1) is 29.9. The third kappa shape index (κ3) is 4.17. The molecular formula is C39H37NO6. The number of carbonyl (C=O) groups excluding carboxylic acids is 4. The fraction of sp³-hybridized carbons (Fsp3) is 0.333. The smallest absolute Gasteiger partial charge is 0.234 e. The maximum absolute atomic E-state index is 15.1. The fourth-order valence-electron chi connectivity index (χ4n) is 8.82. The molecule has 3 aliphatic carbocycles. The van der Waals surface area contributed by atoms with Gasteiger partial charge in [0.1, 0.15) is 11.5 Å². The van der Waals surface area contributed by atoms with Gasteiger partial charge in [-0.15, -0.1) is 0 Å². The highest BCUT2D eigenvalue weighted by atomic mass is 16.5. The minimum absolute atomic E-state index is 0.00523. The van der Waals surface area contributed by atoms with Gasteiger partial charge in [-0.1, -0.05) is 78.4 Å². The van der Waals surface area contributed by atoms with Gasteiger partial charge in [0.2, 0.25) is 11.8 Å². The molecule has 1 aliphatic heterocycles. The van der Waals surface area contributed by atoms with Crippen LogP contribution in [0.15, 0.2) is 96.6 Å². The highest BCUT2D eigenvalue weighted by Crippen LogP contribution is 2.64. The Morgan fingerprint density at radius 2 is 1.54 bits per heavy atom. The van der Waals surface area contributed by atoms with Crippen LogP contribution >= 0.6 is 0 Å². The van der Waals surface area contributed by atoms with E-state index < -0.39 is 40.5 Å². The van der Waals surface area contributed by atoms with Crippen molar-refractivity contribution in [1.82, 2.24) is 4.90 Å². The molecular weight excluding hydrogens is 578 g/mol. The van der Waals surface area contributed by atoms with Gasteiger partial charge in [-0.25, -0.2) is 0 Å². The number of carbonyl (C=O) groups is 4. The van der Waals surface area contributed by atoms with Crippen molar-refractivity contribution in [1.29, 1.82) is 0 Å². The maximum atomic E-state index is 15.1. The van der Waals surface area contributed by atoms with Crippen LogP contribution in [-0.4, -0.2) is 46.0 Å². The second-order valence-corrected chi connectivity index (χ2v) is 13.9. The second-order valence-electron chi connectivity index (χ2n) is 13.9. The van der Waals surface area contributed by atoms with E-state index in [1.54, 1.807) is 12.1 Å². The number of hydrogen-bond donors (Lipinski definition) is 1. The Morgan fingerprint density at radius 3 is 2.20 bits per heavy atom. The lowest BCUT2D eigenvalue weighted by Crippen LogP contribution is -2.59. The van der Waals surface area contributed by atoms with Crippen molar-refractivity contribution in [2.45, 2.75) is 50.5 Å². The van der Waals surface area contributed by atoms with Gasteiger partial charge in [-0.2, -0.15) is 0 Å². The lowest BCUT2D eigenvalue weighted by molar-refractivity contribution is -0.145. The molecule has 46 heavy (non-hydrogen) atoms. The topological polar surface area (TPSA) is 101 Å². The van der Waals surface area contributed by atoms with Crippen LogP contribution in [0.5, 0.6) is 11.5 Å². The summed E-state index contributed by atoms with van der Waals surface area (Å²) in [7, 11) is 1.51. The first-order valence-electron chi connectivity index (χ1n) is 15.9. The van der Waals surface area contributed by atoms with Crippen LogP contribution < -0.4 is 4.74 Å². The number of ketones is 2. The Morgan fingerprint density at radius 1 is 0.870 bits per heavy atom. The number of imide groups is 1. The number of methoxy groups -OCH3 is 1. The number of Topliss-reactive ketones (excluding diaryl/α,β-unsaturated/α-hetero) is 1. The SMILES string of the molecule is COc1cc(O)ccc1C1C2=CCC3C(=O)N(C(C)(C)C)C(=O)C3C2CC2C(=O)C(c3ccccc3)=CC(=O)C21c1ccccc1. The summed E-state index contributed by atoms with van der Waals surface area (Å²) in [6, 6.07) is 23.5. The molecule has 3 aromatic carbocycles. The molecule has 6 atom stereocenters. The van der Waals surface area contributed by atoms with E-state index in [1.807, 2.05) is 87.5 Å². The molecule has 7 heteroatoms. The van der Waals surface area contributed by atoms with E-state index in [-0.39, 0.29) is 35.6 Å². The second kappa shape index (κ2) is 10.6. The molecule has 0 radical (unpaired) electrons. The maximum Gasteiger partial charge on any atom is 0.234 e. The fourth-order valence-corrected chi connectivity index (χ4v) is 8.82. The number of nitrogens with zero attached hydrogens (tertiary/aromatic N) is 1. The Bertz CT molecular complexity index is 1830. The van der Waals surface area contributed by atoms with E-state index in [2.05, 4.69) is 0 Å². The molecule has 7 rings (SSSR count). The largest absolute Gasteiger partial charge is 0.508 e. The van der Waals surface area contributed by atoms with Crippen LogP contribution in [0.25, 0.3) is 5.57 Å². The van der Waals surface area contributed by atoms with Crippen molar-refractivity contribution in [2.24, 2.45) is 23.7 Å². The van der Waals surface area contributed by atoms with Crippen LogP contribution in [0.2, 0.25) is 0 Å². The van der Waals surface area contributed by atoms with Gasteiger partial charge < -0.3 is 9.84 Å². The molecule has 0 spiro atoms. The zero-order valence-electron chi connectivity index (χ0n) is 26.4. The van der Waals surface area contributed by atoms with E-state index in [1.165, 1.54) is 24.2 Å². The van der Waals surface area contributed by atoms with E-state index in [9.17, 15) is 19.5 Å². The first-order chi connectivity index (χ1) is 22.0. The minimum Gasteiger partial charge on any atom is -0.508 e. The summed E-state index contributed by atoms with van der Waals surface area (Å²) in [5.41, 5.74) is 1.16. The van der Waals surface area contributed by atoms with Gasteiger partial charge in [0.15, 0.2) is 11.6 Å². The highest BCUT2D eigenvalue weighted by molar-refractivity contribution is 6.31. The number of amides is 2. The molecule has 1 saturated heterocycles. The van der Waals surface area contributed by atoms with Gasteiger partial charge in [0.25, 0.3) is 0 Å². The van der Waals surface area contributed by atoms with Gasteiger partial charge in [0.05, 0.1) is 24.4 Å². The first-order valence-corrected chi connectivity index (χ1v) is 15.9. The third-order valence-electron chi connectivity index (χ3n) is 10.6. The Hall–Kier alpha value is -4.78. The molecule has 7 nitrogen and oxygen atoms in total. The molecule has 234 valence electrons. The van der Waals surface area contributed by atoms with Gasteiger partial charge in [-0.05, 0) is 62.8 Å². The van der Waals surface area contributed by atoms with Crippen LogP contribution in [-0.2, 0) is 24.6 Å². The van der Waals surface area contributed by atoms with Crippen molar-refractivity contribution in [3.05, 3.63) is 113 Å². The minimum atomic E-state index is -1.36. The summed E-state index contributed by atoms with van der Waals surface area (Å²) in [5.74, 6) is -3.58. The van der Waals surface area contributed by atoms with Crippen LogP contribution in [0.3, 0.4) is 0 Å². The summed E-state index contributed by atoms with van der Waals surface area (Å²) in [4.78, 5) is 59.4. The van der Waals surface area contributed by atoms with Crippen LogP contribution in [0.1, 0.15) is 56.2 Å². The number of aromatic hydroxyl groups is 1. The average Bonchev–Trinajstić information content (AvgIpc) is 3.32. The molecule has 3 aromatic rings. The van der Waals surface area contributed by atoms with Gasteiger partial charge >= 0.3 is 0 Å². The number of likely N-dealkylation sites (tertiary alicyclic amines) is 1. The van der Waals surface area contributed by atoms with Crippen LogP contribution in [0.4, 0.5) is 0 Å². The zero-order valence-corrected chi connectivity index (χ0v) is 26.4. The summed E-state index contributed by atoms with van der Waals surface area (Å²) >= 11 is 0. The summed E-state index contributed by atoms with van der Waals surface area (Å²) in [6.45, 7) is 5.58. The normalized spacial score (nSPS) is 29.0. The number of fused-ring (bicyclic) bond motifs is 4. The lowest BCUT2D eigenvalue weighted by Gasteiger charge is -2.55. The van der Waals surface area contributed by atoms with Crippen molar-refractivity contribution < 1.29 is 29.0 Å². The van der Waals surface area contributed by atoms with Crippen molar-refractivity contribution in [3.8, 4) is 11.5 Å². The predicted octanol–water partition coefficient (Wildman–Crippen LogP) is 6.02. The molecule has 0 aromatic heterocycles. The van der Waals surface area contributed by atoms with E-state index >= 15 is 4.79 Å². The summed E-state index contributed by atoms with van der Waals surface area (Å²) < 4.78 is 5.83. The molecule has 4 aliphatic rings. The molecule has 6 unspecified atom stereocenters. The summed E-state index contributed by atoms with van der Waals surface area (Å²) in [5, 5.41) is 10.4. The number of phenolic OH excluding ortho intramolecular Hbond substituents is 1. The van der Waals surface area contributed by atoms with E-state index in [4.69, 9.17) is 4.74 Å². The predicted molar refractivity (Wildman–Crippen MR) is 173 cm³/mol. The molecule has 1 heterocycles.